The quantitative estimate of drug-likeness (QED) is 0.866. The maximum absolute atomic E-state index is 12.3. The minimum absolute atomic E-state index is 0.0613. The zero-order chi connectivity index (χ0) is 14.2. The van der Waals surface area contributed by atoms with E-state index in [1.807, 2.05) is 13.1 Å². The van der Waals surface area contributed by atoms with E-state index in [1.165, 1.54) is 0 Å². The molecule has 104 valence electrons. The molecule has 19 heavy (non-hydrogen) atoms. The van der Waals surface area contributed by atoms with Gasteiger partial charge in [-0.1, -0.05) is 0 Å². The van der Waals surface area contributed by atoms with E-state index in [2.05, 4.69) is 10.4 Å². The smallest absolute Gasteiger partial charge is 0.246 e. The van der Waals surface area contributed by atoms with Crippen LogP contribution in [0.3, 0.4) is 0 Å². The second-order valence-electron chi connectivity index (χ2n) is 5.38. The highest BCUT2D eigenvalue weighted by atomic mass is 16.2. The van der Waals surface area contributed by atoms with E-state index in [0.29, 0.717) is 6.54 Å². The normalized spacial score (nSPS) is 22.5. The molecule has 1 aromatic heterocycles. The largest absolute Gasteiger partial charge is 0.343 e. The number of hydrogen-bond donors (Lipinski definition) is 1. The molecule has 1 aliphatic heterocycles. The number of carbonyl (C=O) groups excluding carboxylic acids is 2. The zero-order valence-corrected chi connectivity index (χ0v) is 11.8. The number of carbonyl (C=O) groups is 2. The van der Waals surface area contributed by atoms with E-state index < -0.39 is 11.6 Å². The molecule has 2 amide bonds. The highest BCUT2D eigenvalue weighted by Crippen LogP contribution is 2.23. The van der Waals surface area contributed by atoms with Gasteiger partial charge in [0.25, 0.3) is 0 Å². The van der Waals surface area contributed by atoms with Crippen LogP contribution in [0.5, 0.6) is 0 Å². The molecule has 0 spiro atoms. The molecule has 2 rings (SSSR count). The Labute approximate surface area is 112 Å². The standard InChI is InChI=1S/C13H20N4O2/c1-5-16-7-10(6-14-16)8-17-11(18)9(2)15-12(19)13(17,3)4/h6-7,9H,5,8H2,1-4H3,(H,15,19). The van der Waals surface area contributed by atoms with Gasteiger partial charge in [0.1, 0.15) is 11.6 Å². The minimum atomic E-state index is -0.835. The first-order valence-corrected chi connectivity index (χ1v) is 6.50. The minimum Gasteiger partial charge on any atom is -0.343 e. The third kappa shape index (κ3) is 2.34. The Morgan fingerprint density at radius 1 is 1.42 bits per heavy atom. The van der Waals surface area contributed by atoms with Gasteiger partial charge in [-0.2, -0.15) is 5.10 Å². The van der Waals surface area contributed by atoms with Crippen LogP contribution in [0.1, 0.15) is 33.3 Å². The summed E-state index contributed by atoms with van der Waals surface area (Å²) in [5.41, 5.74) is 0.0999. The number of nitrogens with zero attached hydrogens (tertiary/aromatic N) is 3. The van der Waals surface area contributed by atoms with Crippen LogP contribution in [-0.4, -0.2) is 38.1 Å². The molecule has 0 aromatic carbocycles. The second-order valence-corrected chi connectivity index (χ2v) is 5.38. The van der Waals surface area contributed by atoms with Gasteiger partial charge in [-0.3, -0.25) is 14.3 Å². The van der Waals surface area contributed by atoms with Gasteiger partial charge in [0, 0.05) is 24.8 Å². The molecular formula is C13H20N4O2. The summed E-state index contributed by atoms with van der Waals surface area (Å²) < 4.78 is 1.81. The molecule has 1 saturated heterocycles. The summed E-state index contributed by atoms with van der Waals surface area (Å²) in [6, 6.07) is -0.471. The fraction of sp³-hybridized carbons (Fsp3) is 0.615. The van der Waals surface area contributed by atoms with Gasteiger partial charge < -0.3 is 10.2 Å². The molecule has 6 nitrogen and oxygen atoms in total. The highest BCUT2D eigenvalue weighted by molar-refractivity contribution is 5.99. The van der Waals surface area contributed by atoms with Crippen LogP contribution >= 0.6 is 0 Å². The lowest BCUT2D eigenvalue weighted by Crippen LogP contribution is -2.67. The van der Waals surface area contributed by atoms with Crippen molar-refractivity contribution < 1.29 is 9.59 Å². The monoisotopic (exact) mass is 264 g/mol. The maximum Gasteiger partial charge on any atom is 0.246 e. The molecule has 1 aromatic rings. The predicted octanol–water partition coefficient (Wildman–Crippen LogP) is 0.528. The molecule has 6 heteroatoms. The molecular weight excluding hydrogens is 244 g/mol. The molecule has 1 aliphatic rings. The average Bonchev–Trinajstić information content (AvgIpc) is 2.80. The Bertz CT molecular complexity index is 506. The molecule has 0 bridgehead atoms. The van der Waals surface area contributed by atoms with E-state index in [9.17, 15) is 9.59 Å². The van der Waals surface area contributed by atoms with E-state index in [0.717, 1.165) is 12.1 Å². The van der Waals surface area contributed by atoms with Crippen LogP contribution in [0.25, 0.3) is 0 Å². The molecule has 0 aliphatic carbocycles. The van der Waals surface area contributed by atoms with Gasteiger partial charge in [-0.15, -0.1) is 0 Å². The van der Waals surface area contributed by atoms with Crippen molar-refractivity contribution in [3.05, 3.63) is 18.0 Å². The average molecular weight is 264 g/mol. The summed E-state index contributed by atoms with van der Waals surface area (Å²) in [7, 11) is 0. The van der Waals surface area contributed by atoms with Crippen molar-refractivity contribution in [3.8, 4) is 0 Å². The number of nitrogens with one attached hydrogen (secondary N) is 1. The van der Waals surface area contributed by atoms with Crippen molar-refractivity contribution in [1.29, 1.82) is 0 Å². The summed E-state index contributed by atoms with van der Waals surface area (Å²) in [6.45, 7) is 8.42. The number of rotatable bonds is 3. The van der Waals surface area contributed by atoms with Crippen molar-refractivity contribution in [1.82, 2.24) is 20.0 Å². The van der Waals surface area contributed by atoms with E-state index in [-0.39, 0.29) is 11.8 Å². The van der Waals surface area contributed by atoms with E-state index in [4.69, 9.17) is 0 Å². The first-order chi connectivity index (χ1) is 8.86. The van der Waals surface area contributed by atoms with E-state index >= 15 is 0 Å². The Hall–Kier alpha value is -1.85. The molecule has 1 unspecified atom stereocenters. The molecule has 1 N–H and O–H groups in total. The summed E-state index contributed by atoms with van der Waals surface area (Å²) in [5.74, 6) is -0.184. The van der Waals surface area contributed by atoms with Crippen LogP contribution in [-0.2, 0) is 22.7 Å². The van der Waals surface area contributed by atoms with Crippen LogP contribution in [0.2, 0.25) is 0 Å². The van der Waals surface area contributed by atoms with Crippen LogP contribution < -0.4 is 5.32 Å². The van der Waals surface area contributed by atoms with Gasteiger partial charge in [0.15, 0.2) is 0 Å². The summed E-state index contributed by atoms with van der Waals surface area (Å²) in [6.07, 6.45) is 3.64. The van der Waals surface area contributed by atoms with Crippen molar-refractivity contribution in [3.63, 3.8) is 0 Å². The summed E-state index contributed by atoms with van der Waals surface area (Å²) >= 11 is 0. The van der Waals surface area contributed by atoms with E-state index in [1.54, 1.807) is 36.5 Å². The van der Waals surface area contributed by atoms with Gasteiger partial charge in [0.2, 0.25) is 11.8 Å². The zero-order valence-electron chi connectivity index (χ0n) is 11.8. The highest BCUT2D eigenvalue weighted by Gasteiger charge is 2.44. The molecule has 1 fully saturated rings. The number of hydrogen-bond acceptors (Lipinski definition) is 3. The lowest BCUT2D eigenvalue weighted by molar-refractivity contribution is -0.155. The molecule has 1 atom stereocenters. The Morgan fingerprint density at radius 2 is 2.11 bits per heavy atom. The lowest BCUT2D eigenvalue weighted by Gasteiger charge is -2.43. The number of amides is 2. The molecule has 0 radical (unpaired) electrons. The van der Waals surface area contributed by atoms with Crippen molar-refractivity contribution >= 4 is 11.8 Å². The summed E-state index contributed by atoms with van der Waals surface area (Å²) in [4.78, 5) is 25.9. The Kier molecular flexibility index (Phi) is 3.34. The molecule has 2 heterocycles. The number of piperazine rings is 1. The van der Waals surface area contributed by atoms with Crippen molar-refractivity contribution in [2.45, 2.75) is 52.4 Å². The second kappa shape index (κ2) is 4.68. The third-order valence-corrected chi connectivity index (χ3v) is 3.57. The topological polar surface area (TPSA) is 67.2 Å². The lowest BCUT2D eigenvalue weighted by atomic mass is 9.95. The van der Waals surface area contributed by atoms with Gasteiger partial charge in [0.05, 0.1) is 6.20 Å². The van der Waals surface area contributed by atoms with Crippen molar-refractivity contribution in [2.75, 3.05) is 0 Å². The first kappa shape index (κ1) is 13.6. The third-order valence-electron chi connectivity index (χ3n) is 3.57. The van der Waals surface area contributed by atoms with Gasteiger partial charge >= 0.3 is 0 Å². The van der Waals surface area contributed by atoms with Crippen LogP contribution in [0.15, 0.2) is 12.4 Å². The Balaban J connectivity index is 2.24. The predicted molar refractivity (Wildman–Crippen MR) is 70.1 cm³/mol. The first-order valence-electron chi connectivity index (χ1n) is 6.50. The Morgan fingerprint density at radius 3 is 2.68 bits per heavy atom. The van der Waals surface area contributed by atoms with Crippen LogP contribution in [0.4, 0.5) is 0 Å². The summed E-state index contributed by atoms with van der Waals surface area (Å²) in [5, 5.41) is 6.89. The fourth-order valence-corrected chi connectivity index (χ4v) is 2.19. The molecule has 0 saturated carbocycles. The maximum atomic E-state index is 12.3. The number of aryl methyl sites for hydroxylation is 1. The SMILES string of the molecule is CCn1cc(CN2C(=O)C(C)NC(=O)C2(C)C)cn1. The fourth-order valence-electron chi connectivity index (χ4n) is 2.19. The number of aromatic nitrogens is 2. The van der Waals surface area contributed by atoms with Gasteiger partial charge in [-0.05, 0) is 27.7 Å². The van der Waals surface area contributed by atoms with Crippen LogP contribution in [0, 0.1) is 0 Å². The van der Waals surface area contributed by atoms with Gasteiger partial charge in [-0.25, -0.2) is 0 Å². The van der Waals surface area contributed by atoms with Crippen molar-refractivity contribution in [2.24, 2.45) is 0 Å².